The molecular formula is C20H17ClN2O4S. The van der Waals surface area contributed by atoms with E-state index in [4.69, 9.17) is 38.1 Å². The Morgan fingerprint density at radius 3 is 2.61 bits per heavy atom. The Morgan fingerprint density at radius 2 is 1.93 bits per heavy atom. The molecule has 3 N–H and O–H groups in total. The van der Waals surface area contributed by atoms with Crippen LogP contribution in [0, 0.1) is 0 Å². The van der Waals surface area contributed by atoms with Gasteiger partial charge in [-0.1, -0.05) is 29.8 Å². The summed E-state index contributed by atoms with van der Waals surface area (Å²) >= 11 is 11.5. The number of rotatable bonds is 6. The minimum absolute atomic E-state index is 0.131. The van der Waals surface area contributed by atoms with Crippen molar-refractivity contribution in [3.8, 4) is 17.1 Å². The predicted molar refractivity (Wildman–Crippen MR) is 111 cm³/mol. The van der Waals surface area contributed by atoms with Gasteiger partial charge < -0.3 is 19.6 Å². The van der Waals surface area contributed by atoms with Crippen LogP contribution < -0.4 is 15.4 Å². The number of carbonyl (C=O) groups is 1. The van der Waals surface area contributed by atoms with Gasteiger partial charge in [0, 0.05) is 11.3 Å². The summed E-state index contributed by atoms with van der Waals surface area (Å²) in [5.41, 5.74) is 1.29. The fourth-order valence-electron chi connectivity index (χ4n) is 2.39. The number of nitrogens with one attached hydrogen (secondary N) is 2. The Kier molecular flexibility index (Phi) is 6.65. The lowest BCUT2D eigenvalue weighted by Gasteiger charge is -2.11. The molecule has 0 unspecified atom stereocenters. The maximum absolute atomic E-state index is 11.9. The van der Waals surface area contributed by atoms with Gasteiger partial charge in [-0.15, -0.1) is 0 Å². The second-order valence-corrected chi connectivity index (χ2v) is 6.54. The maximum atomic E-state index is 11.9. The molecule has 2 aromatic carbocycles. The first kappa shape index (κ1) is 19.9. The molecule has 0 atom stereocenters. The highest BCUT2D eigenvalue weighted by molar-refractivity contribution is 7.80. The van der Waals surface area contributed by atoms with Crippen LogP contribution in [0.25, 0.3) is 11.3 Å². The number of para-hydroxylation sites is 1. The molecule has 0 saturated carbocycles. The van der Waals surface area contributed by atoms with Gasteiger partial charge in [-0.25, -0.2) is 0 Å². The number of benzene rings is 2. The third-order valence-electron chi connectivity index (χ3n) is 3.68. The number of aliphatic hydroxyl groups excluding tert-OH is 1. The number of ether oxygens (including phenoxy) is 1. The molecule has 1 amide bonds. The number of anilines is 1. The smallest absolute Gasteiger partial charge is 0.264 e. The summed E-state index contributed by atoms with van der Waals surface area (Å²) in [6, 6.07) is 17.6. The summed E-state index contributed by atoms with van der Waals surface area (Å²) in [5, 5.41) is 15.1. The van der Waals surface area contributed by atoms with E-state index >= 15 is 0 Å². The molecule has 28 heavy (non-hydrogen) atoms. The zero-order chi connectivity index (χ0) is 19.9. The van der Waals surface area contributed by atoms with Gasteiger partial charge in [0.1, 0.15) is 23.9 Å². The fourth-order valence-corrected chi connectivity index (χ4v) is 2.90. The van der Waals surface area contributed by atoms with Gasteiger partial charge in [0.15, 0.2) is 11.7 Å². The number of hydrogen-bond acceptors (Lipinski definition) is 5. The summed E-state index contributed by atoms with van der Waals surface area (Å²) < 4.78 is 10.9. The van der Waals surface area contributed by atoms with Gasteiger partial charge in [0.05, 0.1) is 5.02 Å². The molecule has 0 aliphatic rings. The van der Waals surface area contributed by atoms with Crippen molar-refractivity contribution >= 4 is 40.5 Å². The van der Waals surface area contributed by atoms with Crippen molar-refractivity contribution in [1.29, 1.82) is 0 Å². The second kappa shape index (κ2) is 9.36. The van der Waals surface area contributed by atoms with Crippen molar-refractivity contribution < 1.29 is 19.1 Å². The highest BCUT2D eigenvalue weighted by Gasteiger charge is 2.11. The van der Waals surface area contributed by atoms with E-state index in [1.165, 1.54) is 0 Å². The number of thiocarbonyl (C=S) groups is 1. The lowest BCUT2D eigenvalue weighted by atomic mass is 10.1. The molecule has 0 saturated heterocycles. The number of aliphatic hydroxyl groups is 1. The van der Waals surface area contributed by atoms with E-state index in [1.54, 1.807) is 42.5 Å². The van der Waals surface area contributed by atoms with E-state index < -0.39 is 0 Å². The Bertz CT molecular complexity index is 975. The quantitative estimate of drug-likeness (QED) is 0.527. The summed E-state index contributed by atoms with van der Waals surface area (Å²) in [6.07, 6.45) is 0. The van der Waals surface area contributed by atoms with Crippen LogP contribution in [0.2, 0.25) is 5.02 Å². The van der Waals surface area contributed by atoms with Crippen LogP contribution in [0.3, 0.4) is 0 Å². The minimum atomic E-state index is -0.379. The molecule has 0 fully saturated rings. The molecule has 1 heterocycles. The van der Waals surface area contributed by atoms with Crippen LogP contribution in [0.5, 0.6) is 5.75 Å². The lowest BCUT2D eigenvalue weighted by molar-refractivity contribution is -0.121. The van der Waals surface area contributed by atoms with Crippen LogP contribution >= 0.6 is 23.8 Å². The molecule has 0 radical (unpaired) electrons. The zero-order valence-corrected chi connectivity index (χ0v) is 16.2. The Morgan fingerprint density at radius 1 is 1.14 bits per heavy atom. The van der Waals surface area contributed by atoms with Gasteiger partial charge in [-0.2, -0.15) is 0 Å². The zero-order valence-electron chi connectivity index (χ0n) is 14.6. The number of carbonyl (C=O) groups excluding carboxylic acids is 1. The molecule has 6 nitrogen and oxygen atoms in total. The van der Waals surface area contributed by atoms with Crippen molar-refractivity contribution in [3.63, 3.8) is 0 Å². The molecule has 0 aliphatic heterocycles. The third kappa shape index (κ3) is 5.32. The molecule has 8 heteroatoms. The van der Waals surface area contributed by atoms with Gasteiger partial charge >= 0.3 is 0 Å². The maximum Gasteiger partial charge on any atom is 0.264 e. The van der Waals surface area contributed by atoms with Gasteiger partial charge in [0.2, 0.25) is 0 Å². The summed E-state index contributed by atoms with van der Waals surface area (Å²) in [4.78, 5) is 11.9. The number of halogens is 1. The van der Waals surface area contributed by atoms with Crippen LogP contribution in [0.4, 0.5) is 5.69 Å². The Hall–Kier alpha value is -2.87. The SMILES string of the molecule is O=C(COc1ccccc1)NC(=S)Nc1ccc(-c2ccc(CO)o2)c(Cl)c1. The summed E-state index contributed by atoms with van der Waals surface area (Å²) in [5.74, 6) is 1.22. The fraction of sp³-hybridized carbons (Fsp3) is 0.100. The van der Waals surface area contributed by atoms with E-state index in [9.17, 15) is 4.79 Å². The first-order valence-corrected chi connectivity index (χ1v) is 9.12. The topological polar surface area (TPSA) is 83.7 Å². The van der Waals surface area contributed by atoms with Crippen LogP contribution in [0.1, 0.15) is 5.76 Å². The van der Waals surface area contributed by atoms with E-state index in [0.717, 1.165) is 0 Å². The van der Waals surface area contributed by atoms with E-state index in [2.05, 4.69) is 10.6 Å². The van der Waals surface area contributed by atoms with E-state index in [1.807, 2.05) is 18.2 Å². The average molecular weight is 417 g/mol. The van der Waals surface area contributed by atoms with Gasteiger partial charge in [-0.05, 0) is 54.7 Å². The minimum Gasteiger partial charge on any atom is -0.484 e. The van der Waals surface area contributed by atoms with Crippen molar-refractivity contribution in [2.75, 3.05) is 11.9 Å². The predicted octanol–water partition coefficient (Wildman–Crippen LogP) is 3.98. The van der Waals surface area contributed by atoms with E-state index in [-0.39, 0.29) is 24.2 Å². The van der Waals surface area contributed by atoms with Crippen molar-refractivity contribution in [2.24, 2.45) is 0 Å². The lowest BCUT2D eigenvalue weighted by Crippen LogP contribution is -2.37. The number of amides is 1. The van der Waals surface area contributed by atoms with Crippen molar-refractivity contribution in [1.82, 2.24) is 5.32 Å². The summed E-state index contributed by atoms with van der Waals surface area (Å²) in [7, 11) is 0. The largest absolute Gasteiger partial charge is 0.484 e. The average Bonchev–Trinajstić information content (AvgIpc) is 3.16. The molecule has 0 bridgehead atoms. The van der Waals surface area contributed by atoms with Crippen LogP contribution in [-0.4, -0.2) is 22.7 Å². The molecule has 1 aromatic heterocycles. The number of furan rings is 1. The molecule has 3 rings (SSSR count). The normalized spacial score (nSPS) is 10.4. The second-order valence-electron chi connectivity index (χ2n) is 5.72. The van der Waals surface area contributed by atoms with Crippen molar-refractivity contribution in [3.05, 3.63) is 71.4 Å². The number of hydrogen-bond donors (Lipinski definition) is 3. The monoisotopic (exact) mass is 416 g/mol. The first-order valence-electron chi connectivity index (χ1n) is 8.33. The third-order valence-corrected chi connectivity index (χ3v) is 4.19. The molecule has 144 valence electrons. The van der Waals surface area contributed by atoms with Gasteiger partial charge in [-0.3, -0.25) is 10.1 Å². The standard InChI is InChI=1S/C20H17ClN2O4S/c21-17-10-13(6-8-16(17)18-9-7-15(11-24)27-18)22-20(28)23-19(25)12-26-14-4-2-1-3-5-14/h1-10,24H,11-12H2,(H2,22,23,25,28). The molecular weight excluding hydrogens is 400 g/mol. The van der Waals surface area contributed by atoms with Gasteiger partial charge in [0.25, 0.3) is 5.91 Å². The van der Waals surface area contributed by atoms with Crippen LogP contribution in [0.15, 0.2) is 65.1 Å². The van der Waals surface area contributed by atoms with Crippen LogP contribution in [-0.2, 0) is 11.4 Å². The molecule has 0 spiro atoms. The molecule has 0 aliphatic carbocycles. The Balaban J connectivity index is 1.55. The highest BCUT2D eigenvalue weighted by atomic mass is 35.5. The van der Waals surface area contributed by atoms with Crippen molar-refractivity contribution in [2.45, 2.75) is 6.61 Å². The first-order chi connectivity index (χ1) is 13.5. The Labute approximate surface area is 172 Å². The summed E-state index contributed by atoms with van der Waals surface area (Å²) in [6.45, 7) is -0.337. The van der Waals surface area contributed by atoms with E-state index in [0.29, 0.717) is 33.5 Å². The molecule has 3 aromatic rings. The highest BCUT2D eigenvalue weighted by Crippen LogP contribution is 2.31.